The Labute approximate surface area is 205 Å². The number of rotatable bonds is 8. The molecular weight excluding hydrogens is 558 g/mol. The van der Waals surface area contributed by atoms with E-state index in [0.717, 1.165) is 66.7 Å². The van der Waals surface area contributed by atoms with Gasteiger partial charge in [0.1, 0.15) is 22.9 Å². The van der Waals surface area contributed by atoms with Crippen LogP contribution in [0.5, 0.6) is 17.2 Å². The fraction of sp³-hybridized carbons (Fsp3) is 0.100. The number of benzene rings is 3. The van der Waals surface area contributed by atoms with E-state index in [1.807, 2.05) is 9.44 Å². The van der Waals surface area contributed by atoms with Gasteiger partial charge in [-0.1, -0.05) is 6.07 Å². The molecule has 3 rings (SSSR count). The molecule has 0 fully saturated rings. The quantitative estimate of drug-likeness (QED) is 0.261. The Morgan fingerprint density at radius 3 is 1.43 bits per heavy atom. The molecule has 0 heterocycles. The van der Waals surface area contributed by atoms with Crippen molar-refractivity contribution in [3.8, 4) is 17.2 Å². The lowest BCUT2D eigenvalue weighted by molar-refractivity contribution is -0.275. The van der Waals surface area contributed by atoms with Crippen molar-refractivity contribution in [1.82, 2.24) is 0 Å². The minimum absolute atomic E-state index is 0.476. The van der Waals surface area contributed by atoms with Crippen LogP contribution in [-0.2, 0) is 20.0 Å². The first-order valence-corrected chi connectivity index (χ1v) is 12.5. The SMILES string of the molecule is O=S(=O)(Nc1cccc(O)c1NS(=O)(=O)c1ccc(OC(F)(F)F)cc1)c1ccc(OC(F)(F)F)cc1. The predicted octanol–water partition coefficient (Wildman–Crippen LogP) is 4.79. The molecule has 37 heavy (non-hydrogen) atoms. The third kappa shape index (κ3) is 7.56. The van der Waals surface area contributed by atoms with Crippen molar-refractivity contribution >= 4 is 31.4 Å². The molecule has 9 nitrogen and oxygen atoms in total. The van der Waals surface area contributed by atoms with Gasteiger partial charge < -0.3 is 14.6 Å². The Bertz CT molecular complexity index is 1470. The molecule has 0 amide bonds. The van der Waals surface area contributed by atoms with Gasteiger partial charge in [0, 0.05) is 0 Å². The van der Waals surface area contributed by atoms with Crippen LogP contribution in [0.4, 0.5) is 37.7 Å². The summed E-state index contributed by atoms with van der Waals surface area (Å²) in [5.41, 5.74) is -1.12. The highest BCUT2D eigenvalue weighted by atomic mass is 32.2. The third-order valence-corrected chi connectivity index (χ3v) is 7.01. The van der Waals surface area contributed by atoms with Crippen molar-refractivity contribution in [3.05, 3.63) is 66.7 Å². The molecule has 17 heteroatoms. The standard InChI is InChI=1S/C20H14F6N2O7S2/c21-19(22,23)34-12-4-8-14(9-5-12)36(30,31)27-16-2-1-3-17(29)18(16)28-37(32,33)15-10-6-13(7-11-15)35-20(24,25)26/h1-11,27-29H. The number of aromatic hydroxyl groups is 1. The lowest BCUT2D eigenvalue weighted by Gasteiger charge is -2.16. The number of ether oxygens (including phenoxy) is 2. The van der Waals surface area contributed by atoms with Crippen molar-refractivity contribution in [2.45, 2.75) is 22.5 Å². The van der Waals surface area contributed by atoms with Gasteiger partial charge >= 0.3 is 12.7 Å². The normalized spacial score (nSPS) is 12.6. The Hall–Kier alpha value is -3.86. The number of phenolic OH excluding ortho intramolecular Hbond substituents is 1. The lowest BCUT2D eigenvalue weighted by Crippen LogP contribution is -2.19. The van der Waals surface area contributed by atoms with Crippen LogP contribution in [0.25, 0.3) is 0 Å². The molecule has 0 aliphatic rings. The van der Waals surface area contributed by atoms with Gasteiger partial charge in [-0.25, -0.2) is 16.8 Å². The summed E-state index contributed by atoms with van der Waals surface area (Å²) in [6.45, 7) is 0. The van der Waals surface area contributed by atoms with Crippen LogP contribution in [0.2, 0.25) is 0 Å². The summed E-state index contributed by atoms with van der Waals surface area (Å²) in [7, 11) is -9.08. The minimum atomic E-state index is -5.01. The molecule has 0 unspecified atom stereocenters. The van der Waals surface area contributed by atoms with Crippen LogP contribution >= 0.6 is 0 Å². The fourth-order valence-electron chi connectivity index (χ4n) is 2.77. The zero-order chi connectivity index (χ0) is 27.6. The highest BCUT2D eigenvalue weighted by Crippen LogP contribution is 2.35. The van der Waals surface area contributed by atoms with E-state index in [1.54, 1.807) is 0 Å². The molecule has 0 bridgehead atoms. The molecule has 0 saturated heterocycles. The first-order chi connectivity index (χ1) is 17.0. The van der Waals surface area contributed by atoms with Gasteiger partial charge in [-0.2, -0.15) is 0 Å². The number of para-hydroxylation sites is 1. The third-order valence-electron chi connectivity index (χ3n) is 4.26. The average molecular weight is 572 g/mol. The van der Waals surface area contributed by atoms with E-state index in [0.29, 0.717) is 0 Å². The topological polar surface area (TPSA) is 131 Å². The smallest absolute Gasteiger partial charge is 0.506 e. The van der Waals surface area contributed by atoms with E-state index in [9.17, 15) is 48.3 Å². The predicted molar refractivity (Wildman–Crippen MR) is 116 cm³/mol. The molecular formula is C20H14F6N2O7S2. The maximum Gasteiger partial charge on any atom is 0.573 e. The van der Waals surface area contributed by atoms with Crippen molar-refractivity contribution in [1.29, 1.82) is 0 Å². The number of hydrogen-bond acceptors (Lipinski definition) is 7. The van der Waals surface area contributed by atoms with E-state index in [-0.39, 0.29) is 0 Å². The van der Waals surface area contributed by atoms with Gasteiger partial charge in [0.05, 0.1) is 15.5 Å². The Morgan fingerprint density at radius 1 is 0.622 bits per heavy atom. The Balaban J connectivity index is 1.86. The maximum atomic E-state index is 12.7. The number of sulfonamides is 2. The summed E-state index contributed by atoms with van der Waals surface area (Å²) in [5, 5.41) is 10.2. The molecule has 200 valence electrons. The fourth-order valence-corrected chi connectivity index (χ4v) is 4.94. The summed E-state index contributed by atoms with van der Waals surface area (Å²) >= 11 is 0. The van der Waals surface area contributed by atoms with Crippen LogP contribution < -0.4 is 18.9 Å². The molecule has 0 saturated carbocycles. The number of phenols is 1. The summed E-state index contributed by atoms with van der Waals surface area (Å²) in [5.74, 6) is -2.12. The van der Waals surface area contributed by atoms with Crippen LogP contribution in [0, 0.1) is 0 Å². The molecule has 0 aromatic heterocycles. The first kappa shape index (κ1) is 27.7. The van der Waals surface area contributed by atoms with Crippen LogP contribution in [-0.4, -0.2) is 34.7 Å². The second kappa shape index (κ2) is 9.89. The lowest BCUT2D eigenvalue weighted by atomic mass is 10.2. The van der Waals surface area contributed by atoms with Gasteiger partial charge in [-0.15, -0.1) is 26.3 Å². The Kier molecular flexibility index (Phi) is 7.41. The highest BCUT2D eigenvalue weighted by molar-refractivity contribution is 7.93. The van der Waals surface area contributed by atoms with E-state index in [2.05, 4.69) is 9.47 Å². The largest absolute Gasteiger partial charge is 0.573 e. The minimum Gasteiger partial charge on any atom is -0.506 e. The van der Waals surface area contributed by atoms with Gasteiger partial charge in [0.2, 0.25) is 0 Å². The molecule has 0 aliphatic carbocycles. The molecule has 3 aromatic carbocycles. The summed E-state index contributed by atoms with van der Waals surface area (Å²) < 4.78 is 136. The summed E-state index contributed by atoms with van der Waals surface area (Å²) in [6.07, 6.45) is -10.0. The maximum absolute atomic E-state index is 12.7. The zero-order valence-electron chi connectivity index (χ0n) is 17.8. The molecule has 3 N–H and O–H groups in total. The molecule has 0 atom stereocenters. The van der Waals surface area contributed by atoms with Crippen LogP contribution in [0.3, 0.4) is 0 Å². The number of alkyl halides is 6. The van der Waals surface area contributed by atoms with Gasteiger partial charge in [-0.3, -0.25) is 9.44 Å². The monoisotopic (exact) mass is 572 g/mol. The molecule has 0 spiro atoms. The number of anilines is 2. The van der Waals surface area contributed by atoms with Crippen molar-refractivity contribution in [2.24, 2.45) is 0 Å². The zero-order valence-corrected chi connectivity index (χ0v) is 19.5. The van der Waals surface area contributed by atoms with E-state index >= 15 is 0 Å². The summed E-state index contributed by atoms with van der Waals surface area (Å²) in [4.78, 5) is -1.08. The van der Waals surface area contributed by atoms with Crippen molar-refractivity contribution < 1.29 is 57.8 Å². The second-order valence-corrected chi connectivity index (χ2v) is 10.3. The van der Waals surface area contributed by atoms with Crippen LogP contribution in [0.1, 0.15) is 0 Å². The summed E-state index contributed by atoms with van der Waals surface area (Å²) in [6, 6.07) is 9.30. The number of nitrogens with one attached hydrogen (secondary N) is 2. The number of hydrogen-bond donors (Lipinski definition) is 3. The molecule has 3 aromatic rings. The van der Waals surface area contributed by atoms with Gasteiger partial charge in [-0.05, 0) is 60.7 Å². The van der Waals surface area contributed by atoms with E-state index in [4.69, 9.17) is 0 Å². The first-order valence-electron chi connectivity index (χ1n) is 9.54. The Morgan fingerprint density at radius 2 is 1.03 bits per heavy atom. The van der Waals surface area contributed by atoms with Crippen LogP contribution in [0.15, 0.2) is 76.5 Å². The average Bonchev–Trinajstić information content (AvgIpc) is 2.74. The van der Waals surface area contributed by atoms with E-state index in [1.165, 1.54) is 0 Å². The van der Waals surface area contributed by atoms with E-state index < -0.39 is 71.2 Å². The highest BCUT2D eigenvalue weighted by Gasteiger charge is 2.32. The van der Waals surface area contributed by atoms with Crippen molar-refractivity contribution in [3.63, 3.8) is 0 Å². The molecule has 0 aliphatic heterocycles. The van der Waals surface area contributed by atoms with Crippen molar-refractivity contribution in [2.75, 3.05) is 9.44 Å². The second-order valence-electron chi connectivity index (χ2n) is 6.95. The molecule has 0 radical (unpaired) electrons. The van der Waals surface area contributed by atoms with Gasteiger partial charge in [0.25, 0.3) is 20.0 Å². The number of halogens is 6. The van der Waals surface area contributed by atoms with Gasteiger partial charge in [0.15, 0.2) is 0 Å².